The van der Waals surface area contributed by atoms with Crippen molar-refractivity contribution in [2.75, 3.05) is 44.1 Å². The minimum absolute atomic E-state index is 0.207. The zero-order chi connectivity index (χ0) is 12.0. The minimum Gasteiger partial charge on any atom is -0.462 e. The van der Waals surface area contributed by atoms with Crippen molar-refractivity contribution in [2.24, 2.45) is 0 Å². The van der Waals surface area contributed by atoms with E-state index in [-0.39, 0.29) is 12.0 Å². The first-order valence-corrected chi connectivity index (χ1v) is 5.12. The molecule has 1 N–H and O–H groups in total. The molecule has 0 aliphatic carbocycles. The molecular formula is C8H14ClN5O2. The highest BCUT2D eigenvalue weighted by Crippen LogP contribution is 2.12. The molecule has 1 aromatic heterocycles. The summed E-state index contributed by atoms with van der Waals surface area (Å²) in [6.45, 7) is 0.338. The Morgan fingerprint density at radius 1 is 1.31 bits per heavy atom. The molecule has 0 aromatic carbocycles. The third-order valence-corrected chi connectivity index (χ3v) is 1.66. The van der Waals surface area contributed by atoms with Gasteiger partial charge in [0.05, 0.1) is 13.0 Å². The monoisotopic (exact) mass is 247 g/mol. The molecular weight excluding hydrogens is 234 g/mol. The SMILES string of the molecule is CONc1nc(OCCCl)nc(N(C)C)n1. The largest absolute Gasteiger partial charge is 0.462 e. The van der Waals surface area contributed by atoms with Crippen LogP contribution in [-0.2, 0) is 4.84 Å². The van der Waals surface area contributed by atoms with Crippen LogP contribution in [0.3, 0.4) is 0 Å². The van der Waals surface area contributed by atoms with Crippen LogP contribution in [0.25, 0.3) is 0 Å². The highest BCUT2D eigenvalue weighted by atomic mass is 35.5. The van der Waals surface area contributed by atoms with E-state index in [1.807, 2.05) is 14.1 Å². The predicted molar refractivity (Wildman–Crippen MR) is 61.0 cm³/mol. The molecule has 0 saturated heterocycles. The minimum atomic E-state index is 0.207. The van der Waals surface area contributed by atoms with Crippen LogP contribution >= 0.6 is 11.6 Å². The van der Waals surface area contributed by atoms with Gasteiger partial charge in [0.15, 0.2) is 0 Å². The van der Waals surface area contributed by atoms with Gasteiger partial charge in [0, 0.05) is 14.1 Å². The number of aromatic nitrogens is 3. The van der Waals surface area contributed by atoms with E-state index < -0.39 is 0 Å². The first-order chi connectivity index (χ1) is 7.67. The van der Waals surface area contributed by atoms with E-state index in [0.717, 1.165) is 0 Å². The van der Waals surface area contributed by atoms with Crippen molar-refractivity contribution in [3.63, 3.8) is 0 Å². The molecule has 1 heterocycles. The number of halogens is 1. The van der Waals surface area contributed by atoms with Crippen LogP contribution in [0.1, 0.15) is 0 Å². The Bertz CT molecular complexity index is 336. The van der Waals surface area contributed by atoms with Crippen molar-refractivity contribution in [3.05, 3.63) is 0 Å². The Kier molecular flexibility index (Phi) is 5.00. The van der Waals surface area contributed by atoms with Crippen LogP contribution < -0.4 is 15.1 Å². The molecule has 16 heavy (non-hydrogen) atoms. The van der Waals surface area contributed by atoms with Crippen molar-refractivity contribution in [3.8, 4) is 6.01 Å². The van der Waals surface area contributed by atoms with Gasteiger partial charge in [-0.05, 0) is 0 Å². The molecule has 8 heteroatoms. The van der Waals surface area contributed by atoms with E-state index >= 15 is 0 Å². The number of rotatable bonds is 6. The first-order valence-electron chi connectivity index (χ1n) is 4.58. The number of anilines is 2. The Balaban J connectivity index is 2.89. The summed E-state index contributed by atoms with van der Waals surface area (Å²) in [7, 11) is 5.10. The summed E-state index contributed by atoms with van der Waals surface area (Å²) in [4.78, 5) is 18.6. The Morgan fingerprint density at radius 2 is 2.06 bits per heavy atom. The van der Waals surface area contributed by atoms with Gasteiger partial charge in [-0.3, -0.25) is 4.84 Å². The van der Waals surface area contributed by atoms with Crippen molar-refractivity contribution >= 4 is 23.5 Å². The van der Waals surface area contributed by atoms with E-state index in [4.69, 9.17) is 21.2 Å². The second kappa shape index (κ2) is 6.29. The summed E-state index contributed by atoms with van der Waals surface area (Å²) in [6, 6.07) is 0.207. The Labute approximate surface area is 98.7 Å². The summed E-state index contributed by atoms with van der Waals surface area (Å²) < 4.78 is 5.22. The lowest BCUT2D eigenvalue weighted by Gasteiger charge is -2.12. The van der Waals surface area contributed by atoms with Gasteiger partial charge in [0.1, 0.15) is 6.61 Å². The smallest absolute Gasteiger partial charge is 0.323 e. The average molecular weight is 248 g/mol. The van der Waals surface area contributed by atoms with Crippen LogP contribution in [0, 0.1) is 0 Å². The van der Waals surface area contributed by atoms with Crippen LogP contribution in [0.15, 0.2) is 0 Å². The highest BCUT2D eigenvalue weighted by molar-refractivity contribution is 6.17. The second-order valence-corrected chi connectivity index (χ2v) is 3.36. The topological polar surface area (TPSA) is 72.4 Å². The van der Waals surface area contributed by atoms with E-state index in [0.29, 0.717) is 18.4 Å². The van der Waals surface area contributed by atoms with Gasteiger partial charge < -0.3 is 9.64 Å². The fourth-order valence-corrected chi connectivity index (χ4v) is 0.954. The fourth-order valence-electron chi connectivity index (χ4n) is 0.877. The molecule has 0 radical (unpaired) electrons. The lowest BCUT2D eigenvalue weighted by Crippen LogP contribution is -2.16. The quantitative estimate of drug-likeness (QED) is 0.581. The molecule has 0 spiro atoms. The lowest BCUT2D eigenvalue weighted by molar-refractivity contribution is 0.263. The van der Waals surface area contributed by atoms with Gasteiger partial charge in [-0.25, -0.2) is 5.48 Å². The third kappa shape index (κ3) is 3.67. The number of nitrogens with one attached hydrogen (secondary N) is 1. The zero-order valence-corrected chi connectivity index (χ0v) is 10.2. The van der Waals surface area contributed by atoms with Crippen molar-refractivity contribution in [1.29, 1.82) is 0 Å². The summed E-state index contributed by atoms with van der Waals surface area (Å²) >= 11 is 5.51. The van der Waals surface area contributed by atoms with E-state index in [2.05, 4.69) is 20.4 Å². The summed E-state index contributed by atoms with van der Waals surface area (Å²) in [6.07, 6.45) is 0. The average Bonchev–Trinajstić information content (AvgIpc) is 2.26. The maximum absolute atomic E-state index is 5.51. The molecule has 0 aliphatic rings. The van der Waals surface area contributed by atoms with Crippen molar-refractivity contribution < 1.29 is 9.57 Å². The van der Waals surface area contributed by atoms with Crippen molar-refractivity contribution in [1.82, 2.24) is 15.0 Å². The van der Waals surface area contributed by atoms with Crippen LogP contribution in [-0.4, -0.2) is 48.6 Å². The van der Waals surface area contributed by atoms with Gasteiger partial charge in [-0.1, -0.05) is 0 Å². The summed E-state index contributed by atoms with van der Waals surface area (Å²) in [5, 5.41) is 0. The van der Waals surface area contributed by atoms with Gasteiger partial charge in [0.2, 0.25) is 5.95 Å². The van der Waals surface area contributed by atoms with E-state index in [9.17, 15) is 0 Å². The molecule has 7 nitrogen and oxygen atoms in total. The number of nitrogens with zero attached hydrogens (tertiary/aromatic N) is 4. The standard InChI is InChI=1S/C8H14ClN5O2/c1-14(2)7-10-6(13-15-3)11-8(12-7)16-5-4-9/h4-5H2,1-3H3,(H,10,11,12,13). The Hall–Kier alpha value is -1.34. The van der Waals surface area contributed by atoms with E-state index in [1.165, 1.54) is 7.11 Å². The molecule has 0 amide bonds. The molecule has 1 rings (SSSR count). The third-order valence-electron chi connectivity index (χ3n) is 1.50. The maximum Gasteiger partial charge on any atom is 0.323 e. The van der Waals surface area contributed by atoms with Gasteiger partial charge >= 0.3 is 6.01 Å². The summed E-state index contributed by atoms with van der Waals surface area (Å²) in [5.41, 5.74) is 2.52. The second-order valence-electron chi connectivity index (χ2n) is 2.98. The molecule has 1 aromatic rings. The van der Waals surface area contributed by atoms with Gasteiger partial charge in [0.25, 0.3) is 5.95 Å². The number of ether oxygens (including phenoxy) is 1. The molecule has 0 unspecified atom stereocenters. The van der Waals surface area contributed by atoms with Crippen molar-refractivity contribution in [2.45, 2.75) is 0 Å². The van der Waals surface area contributed by atoms with Crippen LogP contribution in [0.4, 0.5) is 11.9 Å². The number of hydrogen-bond donors (Lipinski definition) is 1. The normalized spacial score (nSPS) is 10.0. The lowest BCUT2D eigenvalue weighted by atomic mass is 10.7. The molecule has 0 saturated carbocycles. The first kappa shape index (κ1) is 12.7. The fraction of sp³-hybridized carbons (Fsp3) is 0.625. The molecule has 0 aliphatic heterocycles. The molecule has 0 fully saturated rings. The highest BCUT2D eigenvalue weighted by Gasteiger charge is 2.08. The van der Waals surface area contributed by atoms with Gasteiger partial charge in [-0.2, -0.15) is 15.0 Å². The molecule has 0 bridgehead atoms. The van der Waals surface area contributed by atoms with E-state index in [1.54, 1.807) is 4.90 Å². The molecule has 0 atom stereocenters. The number of hydrogen-bond acceptors (Lipinski definition) is 7. The number of alkyl halides is 1. The van der Waals surface area contributed by atoms with Crippen LogP contribution in [0.5, 0.6) is 6.01 Å². The molecule has 90 valence electrons. The zero-order valence-electron chi connectivity index (χ0n) is 9.40. The van der Waals surface area contributed by atoms with Crippen LogP contribution in [0.2, 0.25) is 0 Å². The Morgan fingerprint density at radius 3 is 2.62 bits per heavy atom. The van der Waals surface area contributed by atoms with Gasteiger partial charge in [-0.15, -0.1) is 11.6 Å². The maximum atomic E-state index is 5.51. The predicted octanol–water partition coefficient (Wildman–Crippen LogP) is 0.528. The summed E-state index contributed by atoms with van der Waals surface area (Å²) in [5.74, 6) is 1.13.